The second-order valence-electron chi connectivity index (χ2n) is 3.32. The second-order valence-corrected chi connectivity index (χ2v) is 3.32. The first-order chi connectivity index (χ1) is 5.78. The highest BCUT2D eigenvalue weighted by molar-refractivity contribution is 5.87. The molecular formula is C8H12O5. The van der Waals surface area contributed by atoms with Gasteiger partial charge in [-0.05, 0) is 13.8 Å². The molecule has 0 spiro atoms. The van der Waals surface area contributed by atoms with Crippen molar-refractivity contribution in [3.8, 4) is 0 Å². The largest absolute Gasteiger partial charge is 0.481 e. The smallest absolute Gasteiger partial charge is 0.310 e. The molecule has 2 N–H and O–H groups in total. The van der Waals surface area contributed by atoms with Crippen molar-refractivity contribution in [2.24, 2.45) is 5.41 Å². The van der Waals surface area contributed by atoms with Crippen LogP contribution in [0.3, 0.4) is 0 Å². The molecule has 0 aromatic carbocycles. The molecule has 5 heteroatoms. The molecule has 0 aliphatic heterocycles. The molecule has 0 aliphatic carbocycles. The van der Waals surface area contributed by atoms with Crippen LogP contribution in [0.15, 0.2) is 0 Å². The average Bonchev–Trinajstić information content (AvgIpc) is 1.82. The molecule has 74 valence electrons. The van der Waals surface area contributed by atoms with Crippen LogP contribution >= 0.6 is 0 Å². The number of carboxylic acids is 2. The van der Waals surface area contributed by atoms with Gasteiger partial charge in [0.15, 0.2) is 0 Å². The normalized spacial score (nSPS) is 14.6. The summed E-state index contributed by atoms with van der Waals surface area (Å²) in [5, 5.41) is 17.2. The number of carbonyl (C=O) groups excluding carboxylic acids is 1. The van der Waals surface area contributed by atoms with E-state index in [2.05, 4.69) is 0 Å². The maximum Gasteiger partial charge on any atom is 0.310 e. The van der Waals surface area contributed by atoms with Crippen LogP contribution in [0.5, 0.6) is 0 Å². The summed E-state index contributed by atoms with van der Waals surface area (Å²) in [6.07, 6.45) is -0.795. The Bertz CT molecular complexity index is 227. The molecule has 1 atom stereocenters. The number of rotatable bonds is 5. The Morgan fingerprint density at radius 3 is 1.85 bits per heavy atom. The average molecular weight is 188 g/mol. The minimum absolute atomic E-state index is 0.255. The number of Topliss-reactive ketones (excluding diaryl/α,β-unsaturated/α-hetero) is 1. The molecule has 0 bridgehead atoms. The van der Waals surface area contributed by atoms with Crippen molar-refractivity contribution < 1.29 is 24.6 Å². The number of hydrogen-bond donors (Lipinski definition) is 2. The summed E-state index contributed by atoms with van der Waals surface area (Å²) in [6.45, 7) is 2.49. The zero-order valence-corrected chi connectivity index (χ0v) is 7.53. The zero-order valence-electron chi connectivity index (χ0n) is 7.53. The van der Waals surface area contributed by atoms with E-state index >= 15 is 0 Å². The Kier molecular flexibility index (Phi) is 3.59. The Balaban J connectivity index is 4.62. The maximum atomic E-state index is 10.7. The summed E-state index contributed by atoms with van der Waals surface area (Å²) >= 11 is 0. The molecule has 0 saturated heterocycles. The summed E-state index contributed by atoms with van der Waals surface area (Å²) < 4.78 is 0. The van der Waals surface area contributed by atoms with E-state index in [1.54, 1.807) is 0 Å². The van der Waals surface area contributed by atoms with Gasteiger partial charge in [-0.2, -0.15) is 0 Å². The number of ketones is 1. The summed E-state index contributed by atoms with van der Waals surface area (Å²) in [4.78, 5) is 31.7. The van der Waals surface area contributed by atoms with Crippen LogP contribution in [0.2, 0.25) is 0 Å². The first-order valence-corrected chi connectivity index (χ1v) is 3.72. The van der Waals surface area contributed by atoms with Gasteiger partial charge in [-0.3, -0.25) is 14.4 Å². The van der Waals surface area contributed by atoms with E-state index in [0.717, 1.165) is 0 Å². The number of hydrogen-bond acceptors (Lipinski definition) is 3. The summed E-state index contributed by atoms with van der Waals surface area (Å²) in [5.41, 5.74) is -1.49. The highest BCUT2D eigenvalue weighted by Gasteiger charge is 2.36. The lowest BCUT2D eigenvalue weighted by molar-refractivity contribution is -0.156. The van der Waals surface area contributed by atoms with Gasteiger partial charge in [0.05, 0.1) is 11.8 Å². The molecule has 0 aliphatic rings. The van der Waals surface area contributed by atoms with Crippen LogP contribution in [0.4, 0.5) is 0 Å². The van der Waals surface area contributed by atoms with Crippen LogP contribution in [0.1, 0.15) is 26.7 Å². The first-order valence-electron chi connectivity index (χ1n) is 3.72. The third-order valence-corrected chi connectivity index (χ3v) is 1.70. The fraction of sp³-hybridized carbons (Fsp3) is 0.625. The molecular weight excluding hydrogens is 176 g/mol. The fourth-order valence-electron chi connectivity index (χ4n) is 1.10. The van der Waals surface area contributed by atoms with Crippen molar-refractivity contribution in [2.45, 2.75) is 26.7 Å². The topological polar surface area (TPSA) is 91.7 Å². The molecule has 0 amide bonds. The summed E-state index contributed by atoms with van der Waals surface area (Å²) in [5.74, 6) is -2.80. The van der Waals surface area contributed by atoms with Crippen molar-refractivity contribution in [3.63, 3.8) is 0 Å². The second kappa shape index (κ2) is 4.02. The molecule has 0 heterocycles. The predicted octanol–water partition coefficient (Wildman–Crippen LogP) is 0.531. The van der Waals surface area contributed by atoms with Crippen LogP contribution < -0.4 is 0 Å². The van der Waals surface area contributed by atoms with E-state index in [1.807, 2.05) is 0 Å². The van der Waals surface area contributed by atoms with E-state index in [9.17, 15) is 14.4 Å². The number of carbonyl (C=O) groups is 3. The highest BCUT2D eigenvalue weighted by Crippen LogP contribution is 2.26. The number of aliphatic carboxylic acids is 2. The van der Waals surface area contributed by atoms with E-state index in [4.69, 9.17) is 10.2 Å². The zero-order chi connectivity index (χ0) is 10.6. The minimum Gasteiger partial charge on any atom is -0.481 e. The molecule has 0 aromatic rings. The van der Waals surface area contributed by atoms with Crippen molar-refractivity contribution in [2.75, 3.05) is 0 Å². The van der Waals surface area contributed by atoms with Gasteiger partial charge in [0, 0.05) is 6.42 Å². The molecule has 0 rings (SSSR count). The Labute approximate surface area is 75.4 Å². The molecule has 0 saturated carbocycles. The third kappa shape index (κ3) is 3.68. The van der Waals surface area contributed by atoms with Crippen LogP contribution in [0.25, 0.3) is 0 Å². The van der Waals surface area contributed by atoms with Crippen molar-refractivity contribution >= 4 is 17.7 Å². The Hall–Kier alpha value is -1.39. The highest BCUT2D eigenvalue weighted by atomic mass is 16.4. The molecule has 0 aromatic heterocycles. The molecule has 1 unspecified atom stereocenters. The molecule has 0 radical (unpaired) electrons. The lowest BCUT2D eigenvalue weighted by Gasteiger charge is -2.20. The van der Waals surface area contributed by atoms with Gasteiger partial charge < -0.3 is 10.2 Å². The van der Waals surface area contributed by atoms with Gasteiger partial charge in [-0.25, -0.2) is 0 Å². The SMILES string of the molecule is CC(=O)CC(C)(CC(=O)O)C(=O)O. The standard InChI is InChI=1S/C8H12O5/c1-5(9)3-8(2,7(12)13)4-6(10)11/h3-4H2,1-2H3,(H,10,11)(H,12,13). The summed E-state index contributed by atoms with van der Waals surface area (Å²) in [7, 11) is 0. The molecule has 13 heavy (non-hydrogen) atoms. The van der Waals surface area contributed by atoms with Gasteiger partial charge in [-0.1, -0.05) is 0 Å². The Morgan fingerprint density at radius 1 is 1.15 bits per heavy atom. The third-order valence-electron chi connectivity index (χ3n) is 1.70. The van der Waals surface area contributed by atoms with Crippen molar-refractivity contribution in [1.29, 1.82) is 0 Å². The quantitative estimate of drug-likeness (QED) is 0.656. The van der Waals surface area contributed by atoms with Crippen molar-refractivity contribution in [1.82, 2.24) is 0 Å². The van der Waals surface area contributed by atoms with Gasteiger partial charge >= 0.3 is 11.9 Å². The number of carboxylic acid groups (broad SMARTS) is 2. The maximum absolute atomic E-state index is 10.7. The van der Waals surface area contributed by atoms with Gasteiger partial charge in [0.1, 0.15) is 5.78 Å². The van der Waals surface area contributed by atoms with Crippen LogP contribution in [-0.4, -0.2) is 27.9 Å². The fourth-order valence-corrected chi connectivity index (χ4v) is 1.10. The van der Waals surface area contributed by atoms with E-state index in [0.29, 0.717) is 0 Å². The monoisotopic (exact) mass is 188 g/mol. The molecule has 0 fully saturated rings. The predicted molar refractivity (Wildman–Crippen MR) is 43.3 cm³/mol. The lowest BCUT2D eigenvalue weighted by atomic mass is 9.82. The Morgan fingerprint density at radius 2 is 1.62 bits per heavy atom. The minimum atomic E-state index is -1.49. The van der Waals surface area contributed by atoms with E-state index < -0.39 is 23.8 Å². The lowest BCUT2D eigenvalue weighted by Crippen LogP contribution is -2.32. The van der Waals surface area contributed by atoms with Crippen LogP contribution in [-0.2, 0) is 14.4 Å². The first kappa shape index (κ1) is 11.6. The van der Waals surface area contributed by atoms with Crippen molar-refractivity contribution in [3.05, 3.63) is 0 Å². The molecule has 5 nitrogen and oxygen atoms in total. The van der Waals surface area contributed by atoms with Gasteiger partial charge in [-0.15, -0.1) is 0 Å². The van der Waals surface area contributed by atoms with Crippen LogP contribution in [0, 0.1) is 5.41 Å². The van der Waals surface area contributed by atoms with E-state index in [1.165, 1.54) is 13.8 Å². The van der Waals surface area contributed by atoms with Gasteiger partial charge in [0.25, 0.3) is 0 Å². The van der Waals surface area contributed by atoms with E-state index in [-0.39, 0.29) is 12.2 Å². The van der Waals surface area contributed by atoms with Gasteiger partial charge in [0.2, 0.25) is 0 Å². The summed E-state index contributed by atoms with van der Waals surface area (Å²) in [6, 6.07) is 0.